The molecule has 2 rings (SSSR count). The fraction of sp³-hybridized carbons (Fsp3) is 0.333. The van der Waals surface area contributed by atoms with Gasteiger partial charge in [0.05, 0.1) is 10.7 Å². The topological polar surface area (TPSA) is 29.3 Å². The van der Waals surface area contributed by atoms with E-state index in [4.69, 9.17) is 17.3 Å². The summed E-state index contributed by atoms with van der Waals surface area (Å²) in [6.07, 6.45) is 0.849. The normalized spacial score (nSPS) is 12.2. The number of nitrogens with two attached hydrogens (primary N) is 1. The molecule has 2 nitrogen and oxygen atoms in total. The van der Waals surface area contributed by atoms with E-state index in [1.165, 1.54) is 16.7 Å². The van der Waals surface area contributed by atoms with Crippen molar-refractivity contribution in [2.75, 3.05) is 11.9 Å². The Balaban J connectivity index is 2.16. The number of anilines is 1. The molecule has 0 saturated carbocycles. The van der Waals surface area contributed by atoms with Crippen molar-refractivity contribution in [2.24, 2.45) is 5.73 Å². The van der Waals surface area contributed by atoms with Crippen LogP contribution in [0.2, 0.25) is 5.02 Å². The molecule has 0 fully saturated rings. The third kappa shape index (κ3) is 4.23. The first kappa shape index (κ1) is 15.9. The Kier molecular flexibility index (Phi) is 5.27. The molecule has 0 aliphatic carbocycles. The van der Waals surface area contributed by atoms with Gasteiger partial charge in [-0.1, -0.05) is 41.9 Å². The molecular weight excluding hydrogens is 280 g/mol. The molecule has 1 atom stereocenters. The molecule has 0 aromatic heterocycles. The van der Waals surface area contributed by atoms with E-state index in [9.17, 15) is 0 Å². The summed E-state index contributed by atoms with van der Waals surface area (Å²) in [5, 5.41) is 0.782. The molecule has 0 saturated heterocycles. The summed E-state index contributed by atoms with van der Waals surface area (Å²) < 4.78 is 0. The Morgan fingerprint density at radius 3 is 2.52 bits per heavy atom. The van der Waals surface area contributed by atoms with Crippen molar-refractivity contribution in [1.29, 1.82) is 0 Å². The zero-order chi connectivity index (χ0) is 15.4. The lowest BCUT2D eigenvalue weighted by atomic mass is 10.1. The van der Waals surface area contributed by atoms with Crippen LogP contribution in [0.5, 0.6) is 0 Å². The minimum absolute atomic E-state index is 0.150. The molecule has 0 aliphatic rings. The molecule has 3 heteroatoms. The van der Waals surface area contributed by atoms with Crippen LogP contribution in [0.1, 0.15) is 23.6 Å². The maximum absolute atomic E-state index is 6.43. The van der Waals surface area contributed by atoms with E-state index in [2.05, 4.69) is 55.3 Å². The first-order valence-corrected chi connectivity index (χ1v) is 7.65. The summed E-state index contributed by atoms with van der Waals surface area (Å²) in [5.41, 5.74) is 10.7. The van der Waals surface area contributed by atoms with Crippen molar-refractivity contribution in [1.82, 2.24) is 0 Å². The second kappa shape index (κ2) is 6.97. The van der Waals surface area contributed by atoms with Crippen molar-refractivity contribution in [2.45, 2.75) is 32.9 Å². The number of hydrogen-bond acceptors (Lipinski definition) is 2. The number of nitrogens with zero attached hydrogens (tertiary/aromatic N) is 1. The highest BCUT2D eigenvalue weighted by Gasteiger charge is 2.09. The van der Waals surface area contributed by atoms with E-state index in [0.717, 1.165) is 23.7 Å². The van der Waals surface area contributed by atoms with Gasteiger partial charge in [-0.2, -0.15) is 0 Å². The van der Waals surface area contributed by atoms with Crippen LogP contribution in [-0.4, -0.2) is 13.1 Å². The summed E-state index contributed by atoms with van der Waals surface area (Å²) >= 11 is 6.43. The molecule has 0 spiro atoms. The monoisotopic (exact) mass is 302 g/mol. The zero-order valence-electron chi connectivity index (χ0n) is 12.9. The fourth-order valence-corrected chi connectivity index (χ4v) is 2.83. The van der Waals surface area contributed by atoms with Crippen molar-refractivity contribution in [3.63, 3.8) is 0 Å². The second-order valence-electron chi connectivity index (χ2n) is 5.75. The van der Waals surface area contributed by atoms with Crippen LogP contribution in [0.25, 0.3) is 0 Å². The van der Waals surface area contributed by atoms with Gasteiger partial charge in [0.2, 0.25) is 0 Å². The molecule has 2 aromatic carbocycles. The van der Waals surface area contributed by atoms with Crippen LogP contribution in [0.3, 0.4) is 0 Å². The highest BCUT2D eigenvalue weighted by molar-refractivity contribution is 6.33. The quantitative estimate of drug-likeness (QED) is 0.898. The third-order valence-corrected chi connectivity index (χ3v) is 3.95. The van der Waals surface area contributed by atoms with Gasteiger partial charge in [0.1, 0.15) is 0 Å². The van der Waals surface area contributed by atoms with Gasteiger partial charge in [-0.05, 0) is 49.1 Å². The summed E-state index contributed by atoms with van der Waals surface area (Å²) in [7, 11) is 2.07. The average Bonchev–Trinajstić information content (AvgIpc) is 2.40. The van der Waals surface area contributed by atoms with E-state index in [0.29, 0.717) is 0 Å². The van der Waals surface area contributed by atoms with Crippen molar-refractivity contribution in [3.8, 4) is 0 Å². The highest BCUT2D eigenvalue weighted by atomic mass is 35.5. The van der Waals surface area contributed by atoms with E-state index < -0.39 is 0 Å². The molecule has 1 unspecified atom stereocenters. The van der Waals surface area contributed by atoms with Crippen molar-refractivity contribution in [3.05, 3.63) is 64.2 Å². The molecule has 21 heavy (non-hydrogen) atoms. The summed E-state index contributed by atoms with van der Waals surface area (Å²) in [4.78, 5) is 2.18. The molecule has 2 aromatic rings. The zero-order valence-corrected chi connectivity index (χ0v) is 13.7. The minimum atomic E-state index is 0.150. The van der Waals surface area contributed by atoms with Crippen LogP contribution in [-0.2, 0) is 13.0 Å². The highest BCUT2D eigenvalue weighted by Crippen LogP contribution is 2.28. The standard InChI is InChI=1S/C18H23ClN2/c1-13-6-4-5-7-16(13)12-21(3)18-9-8-15(10-14(2)20)11-17(18)19/h4-9,11,14H,10,12,20H2,1-3H3. The molecule has 2 N–H and O–H groups in total. The molecule has 0 aliphatic heterocycles. The lowest BCUT2D eigenvalue weighted by molar-refractivity contribution is 0.738. The molecule has 0 radical (unpaired) electrons. The van der Waals surface area contributed by atoms with Gasteiger partial charge in [0.25, 0.3) is 0 Å². The van der Waals surface area contributed by atoms with E-state index in [1.807, 2.05) is 13.0 Å². The van der Waals surface area contributed by atoms with Crippen molar-refractivity contribution >= 4 is 17.3 Å². The molecule has 0 heterocycles. The summed E-state index contributed by atoms with van der Waals surface area (Å²) in [6.45, 7) is 4.99. The Bertz CT molecular complexity index is 608. The minimum Gasteiger partial charge on any atom is -0.369 e. The largest absolute Gasteiger partial charge is 0.369 e. The van der Waals surface area contributed by atoms with Crippen LogP contribution in [0, 0.1) is 6.92 Å². The summed E-state index contributed by atoms with van der Waals surface area (Å²) in [6, 6.07) is 14.8. The van der Waals surface area contributed by atoms with Gasteiger partial charge in [-0.15, -0.1) is 0 Å². The SMILES string of the molecule is Cc1ccccc1CN(C)c1ccc(CC(C)N)cc1Cl. The molecule has 112 valence electrons. The Morgan fingerprint density at radius 2 is 1.90 bits per heavy atom. The van der Waals surface area contributed by atoms with Crippen LogP contribution in [0.4, 0.5) is 5.69 Å². The number of halogens is 1. The van der Waals surface area contributed by atoms with Gasteiger partial charge in [-0.3, -0.25) is 0 Å². The Morgan fingerprint density at radius 1 is 1.19 bits per heavy atom. The van der Waals surface area contributed by atoms with Gasteiger partial charge >= 0.3 is 0 Å². The van der Waals surface area contributed by atoms with Crippen LogP contribution in [0.15, 0.2) is 42.5 Å². The number of aryl methyl sites for hydroxylation is 1. The number of rotatable bonds is 5. The van der Waals surface area contributed by atoms with Gasteiger partial charge in [-0.25, -0.2) is 0 Å². The smallest absolute Gasteiger partial charge is 0.0642 e. The molecule has 0 amide bonds. The van der Waals surface area contributed by atoms with Crippen LogP contribution < -0.4 is 10.6 Å². The third-order valence-electron chi connectivity index (χ3n) is 3.65. The number of hydrogen-bond donors (Lipinski definition) is 1. The lowest BCUT2D eigenvalue weighted by Gasteiger charge is -2.22. The van der Waals surface area contributed by atoms with E-state index in [-0.39, 0.29) is 6.04 Å². The van der Waals surface area contributed by atoms with Gasteiger partial charge in [0, 0.05) is 19.6 Å². The van der Waals surface area contributed by atoms with Crippen molar-refractivity contribution < 1.29 is 0 Å². The molecule has 0 bridgehead atoms. The summed E-state index contributed by atoms with van der Waals surface area (Å²) in [5.74, 6) is 0. The second-order valence-corrected chi connectivity index (χ2v) is 6.16. The predicted molar refractivity (Wildman–Crippen MR) is 92.1 cm³/mol. The Labute approximate surface area is 132 Å². The fourth-order valence-electron chi connectivity index (χ4n) is 2.49. The van der Waals surface area contributed by atoms with E-state index >= 15 is 0 Å². The maximum Gasteiger partial charge on any atom is 0.0642 e. The van der Waals surface area contributed by atoms with Gasteiger partial charge < -0.3 is 10.6 Å². The first-order chi connectivity index (χ1) is 9.97. The lowest BCUT2D eigenvalue weighted by Crippen LogP contribution is -2.19. The maximum atomic E-state index is 6.43. The van der Waals surface area contributed by atoms with Gasteiger partial charge in [0.15, 0.2) is 0 Å². The first-order valence-electron chi connectivity index (χ1n) is 7.27. The Hall–Kier alpha value is -1.51. The average molecular weight is 303 g/mol. The predicted octanol–water partition coefficient (Wildman–Crippen LogP) is 4.17. The van der Waals surface area contributed by atoms with E-state index in [1.54, 1.807) is 0 Å². The van der Waals surface area contributed by atoms with Crippen LogP contribution >= 0.6 is 11.6 Å². The molecular formula is C18H23ClN2. The number of benzene rings is 2.